The van der Waals surface area contributed by atoms with Gasteiger partial charge >= 0.3 is 5.97 Å². The predicted octanol–water partition coefficient (Wildman–Crippen LogP) is 0.686. The molecule has 0 spiro atoms. The molecule has 1 saturated heterocycles. The molecule has 1 fully saturated rings. The first-order valence-corrected chi connectivity index (χ1v) is 8.26. The lowest BCUT2D eigenvalue weighted by Crippen LogP contribution is -2.40. The molecule has 1 aromatic heterocycles. The van der Waals surface area contributed by atoms with Gasteiger partial charge in [0.05, 0.1) is 7.11 Å². The highest BCUT2D eigenvalue weighted by molar-refractivity contribution is 7.89. The maximum absolute atomic E-state index is 12.4. The van der Waals surface area contributed by atoms with Crippen LogP contribution in [0.15, 0.2) is 21.6 Å². The lowest BCUT2D eigenvalue weighted by molar-refractivity contribution is 0.0558. The number of carbonyl (C=O) groups is 1. The summed E-state index contributed by atoms with van der Waals surface area (Å²) in [5.74, 6) is -0.311. The fraction of sp³-hybridized carbons (Fsp3) is 0.615. The Morgan fingerprint density at radius 1 is 1.43 bits per heavy atom. The summed E-state index contributed by atoms with van der Waals surface area (Å²) >= 11 is 0. The zero-order valence-electron chi connectivity index (χ0n) is 12.2. The third kappa shape index (κ3) is 3.45. The first-order chi connectivity index (χ1) is 9.98. The van der Waals surface area contributed by atoms with Crippen molar-refractivity contribution in [3.05, 3.63) is 17.9 Å². The number of carbonyl (C=O) groups excluding carboxylic acids is 1. The van der Waals surface area contributed by atoms with Crippen LogP contribution in [-0.4, -0.2) is 52.5 Å². The van der Waals surface area contributed by atoms with Crippen LogP contribution in [0.1, 0.15) is 23.4 Å². The molecule has 0 aromatic carbocycles. The molecule has 0 atom stereocenters. The predicted molar refractivity (Wildman–Crippen MR) is 75.5 cm³/mol. The maximum Gasteiger partial charge on any atom is 0.374 e. The van der Waals surface area contributed by atoms with Gasteiger partial charge in [-0.1, -0.05) is 0 Å². The van der Waals surface area contributed by atoms with Crippen LogP contribution in [0.3, 0.4) is 0 Å². The molecule has 2 heterocycles. The summed E-state index contributed by atoms with van der Waals surface area (Å²) < 4.78 is 35.9. The number of methoxy groups -OCH3 is 1. The van der Waals surface area contributed by atoms with E-state index >= 15 is 0 Å². The molecule has 118 valence electrons. The van der Waals surface area contributed by atoms with Gasteiger partial charge in [0.25, 0.3) is 10.0 Å². The van der Waals surface area contributed by atoms with E-state index in [9.17, 15) is 13.2 Å². The molecule has 8 heteroatoms. The summed E-state index contributed by atoms with van der Waals surface area (Å²) in [6, 6.07) is 2.60. The van der Waals surface area contributed by atoms with E-state index in [2.05, 4.69) is 10.1 Å². The molecule has 2 rings (SSSR count). The second-order valence-corrected chi connectivity index (χ2v) is 6.88. The molecule has 0 radical (unpaired) electrons. The van der Waals surface area contributed by atoms with E-state index in [0.29, 0.717) is 19.0 Å². The van der Waals surface area contributed by atoms with Gasteiger partial charge in [0.2, 0.25) is 10.9 Å². The summed E-state index contributed by atoms with van der Waals surface area (Å²) in [6.45, 7) is 1.81. The van der Waals surface area contributed by atoms with E-state index in [1.807, 2.05) is 7.05 Å². The molecule has 1 aliphatic heterocycles. The van der Waals surface area contributed by atoms with Gasteiger partial charge < -0.3 is 14.5 Å². The van der Waals surface area contributed by atoms with Crippen LogP contribution in [0, 0.1) is 5.92 Å². The Kier molecular flexibility index (Phi) is 5.02. The molecule has 1 aliphatic rings. The normalized spacial score (nSPS) is 17.8. The van der Waals surface area contributed by atoms with Crippen LogP contribution < -0.4 is 5.32 Å². The topological polar surface area (TPSA) is 88.9 Å². The number of hydrogen-bond acceptors (Lipinski definition) is 6. The third-order valence-corrected chi connectivity index (χ3v) is 5.40. The highest BCUT2D eigenvalue weighted by Gasteiger charge is 2.32. The molecule has 0 bridgehead atoms. The Balaban J connectivity index is 2.08. The Hall–Kier alpha value is -1.38. The molecule has 1 N–H and O–H groups in total. The number of nitrogens with zero attached hydrogens (tertiary/aromatic N) is 1. The Bertz CT molecular complexity index is 587. The third-order valence-electron chi connectivity index (χ3n) is 3.63. The lowest BCUT2D eigenvalue weighted by Gasteiger charge is -2.30. The van der Waals surface area contributed by atoms with Crippen molar-refractivity contribution < 1.29 is 22.4 Å². The van der Waals surface area contributed by atoms with Gasteiger partial charge in [0.1, 0.15) is 0 Å². The number of hydrogen-bond donors (Lipinski definition) is 1. The Labute approximate surface area is 124 Å². The molecule has 0 amide bonds. The highest BCUT2D eigenvalue weighted by Crippen LogP contribution is 2.24. The highest BCUT2D eigenvalue weighted by atomic mass is 32.2. The number of esters is 1. The molecular formula is C13H20N2O5S. The minimum atomic E-state index is -3.68. The molecule has 0 saturated carbocycles. The smallest absolute Gasteiger partial charge is 0.374 e. The van der Waals surface area contributed by atoms with E-state index in [4.69, 9.17) is 4.42 Å². The Morgan fingerprint density at radius 2 is 2.10 bits per heavy atom. The second-order valence-electron chi connectivity index (χ2n) is 5.02. The molecule has 0 aliphatic carbocycles. The van der Waals surface area contributed by atoms with Crippen LogP contribution in [0.2, 0.25) is 0 Å². The summed E-state index contributed by atoms with van der Waals surface area (Å²) in [5.41, 5.74) is 0. The number of nitrogens with one attached hydrogen (secondary N) is 1. The number of furan rings is 1. The van der Waals surface area contributed by atoms with Gasteiger partial charge in [0, 0.05) is 13.1 Å². The molecular weight excluding hydrogens is 296 g/mol. The van der Waals surface area contributed by atoms with E-state index < -0.39 is 16.0 Å². The van der Waals surface area contributed by atoms with Crippen LogP contribution >= 0.6 is 0 Å². The minimum Gasteiger partial charge on any atom is -0.463 e. The zero-order chi connectivity index (χ0) is 15.5. The quantitative estimate of drug-likeness (QED) is 0.804. The van der Waals surface area contributed by atoms with E-state index in [0.717, 1.165) is 19.4 Å². The van der Waals surface area contributed by atoms with Gasteiger partial charge in [-0.2, -0.15) is 4.31 Å². The van der Waals surface area contributed by atoms with Crippen molar-refractivity contribution >= 4 is 16.0 Å². The summed E-state index contributed by atoms with van der Waals surface area (Å²) in [6.07, 6.45) is 1.62. The summed E-state index contributed by atoms with van der Waals surface area (Å²) in [4.78, 5) is 11.3. The average molecular weight is 316 g/mol. The van der Waals surface area contributed by atoms with Crippen LogP contribution in [-0.2, 0) is 14.8 Å². The molecule has 1 aromatic rings. The molecule has 7 nitrogen and oxygen atoms in total. The van der Waals surface area contributed by atoms with E-state index in [-0.39, 0.29) is 10.9 Å². The monoisotopic (exact) mass is 316 g/mol. The zero-order valence-corrected chi connectivity index (χ0v) is 13.0. The molecule has 21 heavy (non-hydrogen) atoms. The number of rotatable bonds is 5. The average Bonchev–Trinajstić information content (AvgIpc) is 2.98. The number of ether oxygens (including phenoxy) is 1. The summed E-state index contributed by atoms with van der Waals surface area (Å²) in [7, 11) is -0.580. The Morgan fingerprint density at radius 3 is 2.67 bits per heavy atom. The fourth-order valence-corrected chi connectivity index (χ4v) is 3.82. The van der Waals surface area contributed by atoms with Gasteiger partial charge in [-0.3, -0.25) is 0 Å². The van der Waals surface area contributed by atoms with Gasteiger partial charge in [-0.25, -0.2) is 13.2 Å². The number of piperidine rings is 1. The maximum atomic E-state index is 12.4. The van der Waals surface area contributed by atoms with E-state index in [1.165, 1.54) is 23.5 Å². The SMILES string of the molecule is CNCC1CCN(S(=O)(=O)c2ccc(C(=O)OC)o2)CC1. The molecule has 0 unspecified atom stereocenters. The standard InChI is InChI=1S/C13H20N2O5S/c1-14-9-10-5-7-15(8-6-10)21(17,18)12-4-3-11(20-12)13(16)19-2/h3-4,10,14H,5-9H2,1-2H3. The van der Waals surface area contributed by atoms with Gasteiger partial charge in [0.15, 0.2) is 0 Å². The van der Waals surface area contributed by atoms with Crippen molar-refractivity contribution in [1.82, 2.24) is 9.62 Å². The van der Waals surface area contributed by atoms with Crippen molar-refractivity contribution in [2.24, 2.45) is 5.92 Å². The first kappa shape index (κ1) is 16.0. The largest absolute Gasteiger partial charge is 0.463 e. The van der Waals surface area contributed by atoms with Crippen LogP contribution in [0.5, 0.6) is 0 Å². The van der Waals surface area contributed by atoms with Gasteiger partial charge in [-0.05, 0) is 44.5 Å². The van der Waals surface area contributed by atoms with Crippen molar-refractivity contribution in [2.45, 2.75) is 17.9 Å². The first-order valence-electron chi connectivity index (χ1n) is 6.82. The van der Waals surface area contributed by atoms with Crippen molar-refractivity contribution in [3.63, 3.8) is 0 Å². The minimum absolute atomic E-state index is 0.110. The van der Waals surface area contributed by atoms with Crippen molar-refractivity contribution in [2.75, 3.05) is 33.8 Å². The van der Waals surface area contributed by atoms with Crippen LogP contribution in [0.4, 0.5) is 0 Å². The van der Waals surface area contributed by atoms with Crippen molar-refractivity contribution in [1.29, 1.82) is 0 Å². The lowest BCUT2D eigenvalue weighted by atomic mass is 9.98. The second kappa shape index (κ2) is 6.59. The fourth-order valence-electron chi connectivity index (χ4n) is 2.44. The number of sulfonamides is 1. The summed E-state index contributed by atoms with van der Waals surface area (Å²) in [5, 5.41) is 2.89. The van der Waals surface area contributed by atoms with E-state index in [1.54, 1.807) is 0 Å². The van der Waals surface area contributed by atoms with Crippen molar-refractivity contribution in [3.8, 4) is 0 Å². The van der Waals surface area contributed by atoms with Gasteiger partial charge in [-0.15, -0.1) is 0 Å². The van der Waals surface area contributed by atoms with Crippen LogP contribution in [0.25, 0.3) is 0 Å².